The summed E-state index contributed by atoms with van der Waals surface area (Å²) in [5.41, 5.74) is 0. The zero-order chi connectivity index (χ0) is 15.7. The van der Waals surface area contributed by atoms with Gasteiger partial charge in [-0.25, -0.2) is 4.79 Å². The molecular formula is C12H19NO8. The Morgan fingerprint density at radius 2 is 2.10 bits per heavy atom. The molecule has 1 aliphatic rings. The lowest BCUT2D eigenvalue weighted by atomic mass is 10.1. The fraction of sp³-hybridized carbons (Fsp3) is 0.750. The van der Waals surface area contributed by atoms with Crippen LogP contribution in [0.4, 0.5) is 0 Å². The van der Waals surface area contributed by atoms with Crippen LogP contribution < -0.4 is 5.32 Å². The Balaban J connectivity index is 2.13. The van der Waals surface area contributed by atoms with Gasteiger partial charge in [-0.2, -0.15) is 0 Å². The minimum Gasteiger partial charge on any atom is -0.479 e. The fourth-order valence-electron chi connectivity index (χ4n) is 1.74. The van der Waals surface area contributed by atoms with Gasteiger partial charge in [0.25, 0.3) is 0 Å². The van der Waals surface area contributed by atoms with Gasteiger partial charge in [0.2, 0.25) is 5.91 Å². The molecule has 3 atom stereocenters. The predicted octanol–water partition coefficient (Wildman–Crippen LogP) is -1.71. The van der Waals surface area contributed by atoms with Crippen LogP contribution in [0.1, 0.15) is 12.8 Å². The van der Waals surface area contributed by atoms with E-state index in [1.807, 2.05) is 0 Å². The van der Waals surface area contributed by atoms with Gasteiger partial charge < -0.3 is 34.5 Å². The van der Waals surface area contributed by atoms with Crippen LogP contribution in [-0.4, -0.2) is 73.2 Å². The maximum Gasteiger partial charge on any atom is 0.333 e. The van der Waals surface area contributed by atoms with Crippen molar-refractivity contribution in [1.29, 1.82) is 0 Å². The molecule has 1 saturated heterocycles. The van der Waals surface area contributed by atoms with Crippen molar-refractivity contribution in [3.8, 4) is 0 Å². The van der Waals surface area contributed by atoms with Crippen molar-refractivity contribution in [2.45, 2.75) is 31.3 Å². The van der Waals surface area contributed by atoms with Crippen LogP contribution in [0.3, 0.4) is 0 Å². The van der Waals surface area contributed by atoms with Gasteiger partial charge >= 0.3 is 5.97 Å². The first-order chi connectivity index (χ1) is 10.0. The van der Waals surface area contributed by atoms with Gasteiger partial charge in [0.05, 0.1) is 25.9 Å². The third-order valence-electron chi connectivity index (χ3n) is 2.69. The molecule has 0 bridgehead atoms. The van der Waals surface area contributed by atoms with Gasteiger partial charge in [-0.1, -0.05) is 0 Å². The standard InChI is InChI=1S/C12H19NO8/c14-2-1-13-10(16)7-19-3-4-20-11-6-8(15)5-9(21-11)12(17)18/h2,8-9,11,15H,1,3-7H2,(H,13,16)(H,17,18)/t8?,9-,11+/m0/s1. The summed E-state index contributed by atoms with van der Waals surface area (Å²) in [6.45, 7) is -0.0843. The van der Waals surface area contributed by atoms with E-state index in [1.54, 1.807) is 0 Å². The SMILES string of the molecule is O=CCNC(=O)COCCO[C@H]1CC(O)C[C@@H](C(=O)O)O1. The second-order valence-electron chi connectivity index (χ2n) is 4.41. The summed E-state index contributed by atoms with van der Waals surface area (Å²) >= 11 is 0. The van der Waals surface area contributed by atoms with Crippen LogP contribution >= 0.6 is 0 Å². The van der Waals surface area contributed by atoms with Crippen molar-refractivity contribution >= 4 is 18.2 Å². The number of carboxylic acid groups (broad SMARTS) is 1. The van der Waals surface area contributed by atoms with E-state index in [-0.39, 0.29) is 39.2 Å². The number of aldehydes is 1. The van der Waals surface area contributed by atoms with E-state index in [0.29, 0.717) is 6.29 Å². The number of hydrogen-bond donors (Lipinski definition) is 3. The van der Waals surface area contributed by atoms with E-state index in [4.69, 9.17) is 19.3 Å². The molecule has 1 unspecified atom stereocenters. The number of aliphatic hydroxyl groups is 1. The van der Waals surface area contributed by atoms with Crippen LogP contribution in [0, 0.1) is 0 Å². The molecule has 1 fully saturated rings. The minimum atomic E-state index is -1.15. The molecule has 21 heavy (non-hydrogen) atoms. The average Bonchev–Trinajstić information content (AvgIpc) is 2.44. The molecule has 1 aliphatic heterocycles. The summed E-state index contributed by atoms with van der Waals surface area (Å²) < 4.78 is 15.4. The summed E-state index contributed by atoms with van der Waals surface area (Å²) in [6, 6.07) is 0. The zero-order valence-electron chi connectivity index (χ0n) is 11.4. The molecule has 3 N–H and O–H groups in total. The Morgan fingerprint density at radius 3 is 2.76 bits per heavy atom. The second-order valence-corrected chi connectivity index (χ2v) is 4.41. The molecule has 0 saturated carbocycles. The highest BCUT2D eigenvalue weighted by Gasteiger charge is 2.33. The lowest BCUT2D eigenvalue weighted by molar-refractivity contribution is -0.224. The van der Waals surface area contributed by atoms with Gasteiger partial charge in [0, 0.05) is 12.8 Å². The highest BCUT2D eigenvalue weighted by Crippen LogP contribution is 2.20. The third kappa shape index (κ3) is 7.14. The summed E-state index contributed by atoms with van der Waals surface area (Å²) in [7, 11) is 0. The minimum absolute atomic E-state index is 0.0304. The van der Waals surface area contributed by atoms with Crippen LogP contribution in [0.15, 0.2) is 0 Å². The van der Waals surface area contributed by atoms with Crippen molar-refractivity contribution in [3.05, 3.63) is 0 Å². The maximum atomic E-state index is 11.1. The number of carboxylic acids is 1. The number of hydrogen-bond acceptors (Lipinski definition) is 7. The summed E-state index contributed by atoms with van der Waals surface area (Å²) in [5.74, 6) is -1.57. The molecular weight excluding hydrogens is 286 g/mol. The Morgan fingerprint density at radius 1 is 1.33 bits per heavy atom. The quantitative estimate of drug-likeness (QED) is 0.339. The highest BCUT2D eigenvalue weighted by atomic mass is 16.7. The Bertz CT molecular complexity index is 361. The predicted molar refractivity (Wildman–Crippen MR) is 67.4 cm³/mol. The van der Waals surface area contributed by atoms with E-state index in [0.717, 1.165) is 0 Å². The smallest absolute Gasteiger partial charge is 0.333 e. The van der Waals surface area contributed by atoms with E-state index in [2.05, 4.69) is 5.32 Å². The molecule has 0 aromatic heterocycles. The number of nitrogens with one attached hydrogen (secondary N) is 1. The van der Waals surface area contributed by atoms with Crippen LogP contribution in [0.25, 0.3) is 0 Å². The average molecular weight is 305 g/mol. The Kier molecular flexibility index (Phi) is 7.83. The van der Waals surface area contributed by atoms with Gasteiger partial charge in [0.1, 0.15) is 12.9 Å². The first kappa shape index (κ1) is 17.5. The van der Waals surface area contributed by atoms with Crippen molar-refractivity contribution in [3.63, 3.8) is 0 Å². The van der Waals surface area contributed by atoms with E-state index < -0.39 is 30.4 Å². The lowest BCUT2D eigenvalue weighted by Crippen LogP contribution is -2.41. The first-order valence-corrected chi connectivity index (χ1v) is 6.49. The third-order valence-corrected chi connectivity index (χ3v) is 2.69. The van der Waals surface area contributed by atoms with Gasteiger partial charge in [-0.05, 0) is 0 Å². The fourth-order valence-corrected chi connectivity index (χ4v) is 1.74. The van der Waals surface area contributed by atoms with Crippen molar-refractivity contribution in [2.75, 3.05) is 26.4 Å². The first-order valence-electron chi connectivity index (χ1n) is 6.49. The topological polar surface area (TPSA) is 131 Å². The summed E-state index contributed by atoms with van der Waals surface area (Å²) in [5, 5.41) is 20.7. The van der Waals surface area contributed by atoms with E-state index in [1.165, 1.54) is 0 Å². The lowest BCUT2D eigenvalue weighted by Gasteiger charge is -2.30. The number of aliphatic carboxylic acids is 1. The monoisotopic (exact) mass is 305 g/mol. The molecule has 9 heteroatoms. The van der Waals surface area contributed by atoms with Crippen molar-refractivity contribution in [1.82, 2.24) is 5.32 Å². The zero-order valence-corrected chi connectivity index (χ0v) is 11.4. The highest BCUT2D eigenvalue weighted by molar-refractivity contribution is 5.79. The molecule has 0 aromatic rings. The van der Waals surface area contributed by atoms with Gasteiger partial charge in [0.15, 0.2) is 12.4 Å². The molecule has 1 rings (SSSR count). The van der Waals surface area contributed by atoms with Crippen molar-refractivity contribution < 1.29 is 38.8 Å². The summed E-state index contributed by atoms with van der Waals surface area (Å²) in [6.07, 6.45) is -1.92. The second kappa shape index (κ2) is 9.40. The number of carbonyl (C=O) groups excluding carboxylic acids is 2. The van der Waals surface area contributed by atoms with E-state index in [9.17, 15) is 19.5 Å². The molecule has 9 nitrogen and oxygen atoms in total. The van der Waals surface area contributed by atoms with Gasteiger partial charge in [-0.15, -0.1) is 0 Å². The molecule has 120 valence electrons. The molecule has 1 amide bonds. The molecule has 0 aromatic carbocycles. The van der Waals surface area contributed by atoms with Crippen LogP contribution in [0.2, 0.25) is 0 Å². The number of carbonyl (C=O) groups is 3. The Hall–Kier alpha value is -1.55. The number of ether oxygens (including phenoxy) is 3. The van der Waals surface area contributed by atoms with Gasteiger partial charge in [-0.3, -0.25) is 4.79 Å². The molecule has 0 radical (unpaired) electrons. The number of amides is 1. The van der Waals surface area contributed by atoms with E-state index >= 15 is 0 Å². The normalized spacial score (nSPS) is 25.3. The Labute approximate surface area is 121 Å². The summed E-state index contributed by atoms with van der Waals surface area (Å²) in [4.78, 5) is 31.9. The number of rotatable bonds is 9. The maximum absolute atomic E-state index is 11.1. The van der Waals surface area contributed by atoms with Crippen molar-refractivity contribution in [2.24, 2.45) is 0 Å². The van der Waals surface area contributed by atoms with Crippen LogP contribution in [0.5, 0.6) is 0 Å². The largest absolute Gasteiger partial charge is 0.479 e. The number of aliphatic hydroxyl groups excluding tert-OH is 1. The molecule has 1 heterocycles. The van der Waals surface area contributed by atoms with Crippen LogP contribution in [-0.2, 0) is 28.6 Å². The molecule has 0 aliphatic carbocycles. The molecule has 0 spiro atoms.